The van der Waals surface area contributed by atoms with Crippen molar-refractivity contribution in [2.45, 2.75) is 24.3 Å². The Morgan fingerprint density at radius 2 is 1.52 bits per heavy atom. The molecule has 46 heavy (non-hydrogen) atoms. The number of nitrogens with one attached hydrogen (secondary N) is 1. The highest BCUT2D eigenvalue weighted by molar-refractivity contribution is 8.00. The molecule has 1 aliphatic carbocycles. The number of piperazine rings is 1. The van der Waals surface area contributed by atoms with Crippen LogP contribution in [0.5, 0.6) is 11.5 Å². The molecule has 1 aromatic heterocycles. The number of nitrogens with zero attached hydrogens (tertiary/aromatic N) is 4. The average molecular weight is 644 g/mol. The fraction of sp³-hybridized carbons (Fsp3) is 0.324. The van der Waals surface area contributed by atoms with Crippen LogP contribution in [0.1, 0.15) is 40.2 Å². The fourth-order valence-corrected chi connectivity index (χ4v) is 7.25. The summed E-state index contributed by atoms with van der Waals surface area (Å²) in [6, 6.07) is 18.3. The summed E-state index contributed by atoms with van der Waals surface area (Å²) >= 11 is 1.38. The molecule has 4 aromatic rings. The third-order valence-electron chi connectivity index (χ3n) is 8.83. The van der Waals surface area contributed by atoms with Crippen molar-refractivity contribution in [2.24, 2.45) is 0 Å². The lowest BCUT2D eigenvalue weighted by atomic mass is 10.1. The zero-order chi connectivity index (χ0) is 31.9. The van der Waals surface area contributed by atoms with Crippen LogP contribution < -0.4 is 30.1 Å². The van der Waals surface area contributed by atoms with Gasteiger partial charge >= 0.3 is 0 Å². The topological polar surface area (TPSA) is 96.3 Å². The minimum Gasteiger partial charge on any atom is -0.497 e. The molecule has 10 nitrogen and oxygen atoms in total. The maximum atomic E-state index is 15.8. The molecule has 7 rings (SSSR count). The van der Waals surface area contributed by atoms with Crippen molar-refractivity contribution in [3.63, 3.8) is 0 Å². The molecule has 3 aromatic carbocycles. The van der Waals surface area contributed by atoms with Crippen molar-refractivity contribution in [1.82, 2.24) is 15.0 Å². The Morgan fingerprint density at radius 1 is 0.891 bits per heavy atom. The number of aromatic nitrogens is 1. The Morgan fingerprint density at radius 3 is 2.15 bits per heavy atom. The molecule has 3 fully saturated rings. The van der Waals surface area contributed by atoms with E-state index in [1.54, 1.807) is 38.6 Å². The van der Waals surface area contributed by atoms with Gasteiger partial charge in [0.15, 0.2) is 0 Å². The minimum absolute atomic E-state index is 0.107. The first-order valence-corrected chi connectivity index (χ1v) is 16.3. The summed E-state index contributed by atoms with van der Waals surface area (Å²) in [6.45, 7) is 2.65. The molecule has 1 atom stereocenters. The second-order valence-electron chi connectivity index (χ2n) is 11.6. The van der Waals surface area contributed by atoms with Gasteiger partial charge in [-0.05, 0) is 66.9 Å². The lowest BCUT2D eigenvalue weighted by Gasteiger charge is -2.37. The molecular weight excluding hydrogens is 609 g/mol. The van der Waals surface area contributed by atoms with E-state index in [0.29, 0.717) is 43.1 Å². The van der Waals surface area contributed by atoms with Crippen LogP contribution in [-0.2, 0) is 4.79 Å². The molecule has 2 aliphatic heterocycles. The van der Waals surface area contributed by atoms with Crippen LogP contribution in [0, 0.1) is 5.82 Å². The van der Waals surface area contributed by atoms with Gasteiger partial charge in [-0.2, -0.15) is 0 Å². The third-order valence-corrected chi connectivity index (χ3v) is 10.0. The van der Waals surface area contributed by atoms with Crippen LogP contribution in [-0.4, -0.2) is 67.5 Å². The molecule has 12 heteroatoms. The van der Waals surface area contributed by atoms with Crippen LogP contribution >= 0.6 is 11.8 Å². The van der Waals surface area contributed by atoms with Gasteiger partial charge in [0.05, 0.1) is 31.2 Å². The van der Waals surface area contributed by atoms with Gasteiger partial charge in [0.2, 0.25) is 5.43 Å². The first-order valence-electron chi connectivity index (χ1n) is 15.3. The number of hydrogen-bond donors (Lipinski definition) is 1. The quantitative estimate of drug-likeness (QED) is 0.294. The zero-order valence-corrected chi connectivity index (χ0v) is 26.4. The molecule has 1 saturated carbocycles. The Balaban J connectivity index is 1.15. The Hall–Kier alpha value is -4.71. The SMILES string of the molecule is COc1ccc(C2SCC(=O)N2NC(=O)c2cn(C3CC3)c3cc(N4CCN(c5ccc(OC)cc5)CC4)c(F)cc3c2=O)cc1. The number of rotatable bonds is 8. The molecule has 2 amide bonds. The van der Waals surface area contributed by atoms with Crippen molar-refractivity contribution in [3.8, 4) is 11.5 Å². The third kappa shape index (κ3) is 5.61. The molecule has 0 radical (unpaired) electrons. The zero-order valence-electron chi connectivity index (χ0n) is 25.6. The molecule has 1 unspecified atom stereocenters. The number of pyridine rings is 1. The highest BCUT2D eigenvalue weighted by atomic mass is 32.2. The molecule has 238 valence electrons. The number of fused-ring (bicyclic) bond motifs is 1. The summed E-state index contributed by atoms with van der Waals surface area (Å²) in [4.78, 5) is 44.4. The monoisotopic (exact) mass is 643 g/mol. The Labute approximate surface area is 269 Å². The first-order chi connectivity index (χ1) is 22.3. The molecule has 3 aliphatic rings. The van der Waals surface area contributed by atoms with E-state index < -0.39 is 22.5 Å². The van der Waals surface area contributed by atoms with E-state index in [0.717, 1.165) is 29.8 Å². The van der Waals surface area contributed by atoms with Crippen molar-refractivity contribution in [3.05, 3.63) is 94.0 Å². The number of anilines is 2. The normalized spacial score (nSPS) is 18.3. The number of hydrazine groups is 1. The van der Waals surface area contributed by atoms with Gasteiger partial charge in [-0.3, -0.25) is 19.8 Å². The number of amides is 2. The summed E-state index contributed by atoms with van der Waals surface area (Å²) in [6.07, 6.45) is 3.36. The maximum Gasteiger partial charge on any atom is 0.275 e. The molecule has 1 N–H and O–H groups in total. The van der Waals surface area contributed by atoms with Crippen molar-refractivity contribution in [2.75, 3.05) is 56.0 Å². The maximum absolute atomic E-state index is 15.8. The number of benzene rings is 3. The van der Waals surface area contributed by atoms with Crippen molar-refractivity contribution < 1.29 is 23.5 Å². The molecule has 0 spiro atoms. The van der Waals surface area contributed by atoms with E-state index in [1.165, 1.54) is 22.8 Å². The van der Waals surface area contributed by atoms with Crippen LogP contribution in [0.15, 0.2) is 71.7 Å². The highest BCUT2D eigenvalue weighted by Gasteiger charge is 2.36. The first kappa shape index (κ1) is 30.0. The predicted octanol–water partition coefficient (Wildman–Crippen LogP) is 4.74. The van der Waals surface area contributed by atoms with Crippen molar-refractivity contribution in [1.29, 1.82) is 0 Å². The smallest absolute Gasteiger partial charge is 0.275 e. The molecular formula is C34H34FN5O5S. The van der Waals surface area contributed by atoms with Gasteiger partial charge in [0.1, 0.15) is 28.3 Å². The lowest BCUT2D eigenvalue weighted by Crippen LogP contribution is -2.47. The average Bonchev–Trinajstić information content (AvgIpc) is 3.87. The second-order valence-corrected chi connectivity index (χ2v) is 12.7. The number of carbonyl (C=O) groups is 2. The summed E-state index contributed by atoms with van der Waals surface area (Å²) in [5.74, 6) is 0.178. The Kier molecular flexibility index (Phi) is 7.97. The van der Waals surface area contributed by atoms with Gasteiger partial charge < -0.3 is 23.8 Å². The molecule has 3 heterocycles. The highest BCUT2D eigenvalue weighted by Crippen LogP contribution is 2.40. The Bertz CT molecular complexity index is 1850. The lowest BCUT2D eigenvalue weighted by molar-refractivity contribution is -0.130. The van der Waals surface area contributed by atoms with E-state index in [4.69, 9.17) is 9.47 Å². The number of hydrogen-bond acceptors (Lipinski definition) is 8. The predicted molar refractivity (Wildman–Crippen MR) is 176 cm³/mol. The second kappa shape index (κ2) is 12.2. The van der Waals surface area contributed by atoms with E-state index in [1.807, 2.05) is 45.9 Å². The number of halogens is 1. The number of thioether (sulfide) groups is 1. The van der Waals surface area contributed by atoms with Crippen molar-refractivity contribution >= 4 is 45.9 Å². The molecule has 0 bridgehead atoms. The van der Waals surface area contributed by atoms with Crippen LogP contribution in [0.2, 0.25) is 0 Å². The van der Waals surface area contributed by atoms with Gasteiger partial charge in [-0.1, -0.05) is 12.1 Å². The molecule has 2 saturated heterocycles. The van der Waals surface area contributed by atoms with Gasteiger partial charge in [-0.15, -0.1) is 11.8 Å². The largest absolute Gasteiger partial charge is 0.497 e. The van der Waals surface area contributed by atoms with Crippen LogP contribution in [0.25, 0.3) is 10.9 Å². The van der Waals surface area contributed by atoms with E-state index in [-0.39, 0.29) is 28.7 Å². The standard InChI is InChI=1S/C34H34FN5O5S/c1-44-24-9-3-21(4-10-24)34-40(31(41)20-46-34)36-33(43)27-19-39(23-5-6-23)29-18-30(28(35)17-26(29)32(27)42)38-15-13-37(14-16-38)22-7-11-25(45-2)12-8-22/h3-4,7-12,17-19,23,34H,5-6,13-16,20H2,1-2H3,(H,36,43). The summed E-state index contributed by atoms with van der Waals surface area (Å²) in [5.41, 5.74) is 4.91. The summed E-state index contributed by atoms with van der Waals surface area (Å²) < 4.78 is 28.2. The van der Waals surface area contributed by atoms with E-state index >= 15 is 4.39 Å². The van der Waals surface area contributed by atoms with E-state index in [9.17, 15) is 14.4 Å². The summed E-state index contributed by atoms with van der Waals surface area (Å²) in [5, 5.41) is 0.958. The van der Waals surface area contributed by atoms with Crippen LogP contribution in [0.3, 0.4) is 0 Å². The van der Waals surface area contributed by atoms with Gasteiger partial charge in [0, 0.05) is 49.5 Å². The van der Waals surface area contributed by atoms with Gasteiger partial charge in [0.25, 0.3) is 11.8 Å². The number of ether oxygens (including phenoxy) is 2. The fourth-order valence-electron chi connectivity index (χ4n) is 6.15. The number of carbonyl (C=O) groups excluding carboxylic acids is 2. The number of methoxy groups -OCH3 is 2. The van der Waals surface area contributed by atoms with Crippen LogP contribution in [0.4, 0.5) is 15.8 Å². The summed E-state index contributed by atoms with van der Waals surface area (Å²) in [7, 11) is 3.21. The van der Waals surface area contributed by atoms with Gasteiger partial charge in [-0.25, -0.2) is 9.40 Å². The van der Waals surface area contributed by atoms with E-state index in [2.05, 4.69) is 10.3 Å². The minimum atomic E-state index is -0.699.